The molecule has 22 aromatic rings. The van der Waals surface area contributed by atoms with E-state index in [1.54, 1.807) is 0 Å². The van der Waals surface area contributed by atoms with Crippen molar-refractivity contribution in [2.24, 2.45) is 0 Å². The minimum absolute atomic E-state index is 0. The molecule has 6 aromatic heterocycles. The second kappa shape index (κ2) is 40.3. The minimum Gasteiger partial charge on any atom is -0.305 e. The van der Waals surface area contributed by atoms with Crippen LogP contribution in [0.4, 0.5) is 0 Å². The van der Waals surface area contributed by atoms with Gasteiger partial charge in [-0.05, 0) is 136 Å². The Morgan fingerprint density at radius 2 is 0.338 bits per heavy atom. The van der Waals surface area contributed by atoms with Gasteiger partial charge in [0, 0.05) is 68.7 Å². The van der Waals surface area contributed by atoms with E-state index in [1.165, 1.54) is 16.7 Å². The first-order chi connectivity index (χ1) is 70.2. The molecule has 0 bridgehead atoms. The largest absolute Gasteiger partial charge is 3.00 e. The Kier molecular flexibility index (Phi) is 26.1. The molecular formula is C132H99IrN12. The fraction of sp³-hybridized carbons (Fsp3) is 0.0909. The van der Waals surface area contributed by atoms with Gasteiger partial charge in [-0.2, -0.15) is 0 Å². The predicted octanol–water partition coefficient (Wildman–Crippen LogP) is 32.7. The Hall–Kier alpha value is -17.4. The number of nitrogens with zero attached hydrogens (tertiary/aromatic N) is 12. The van der Waals surface area contributed by atoms with Crippen molar-refractivity contribution < 1.29 is 20.1 Å². The van der Waals surface area contributed by atoms with E-state index in [9.17, 15) is 0 Å². The molecule has 22 rings (SSSR count). The standard InChI is InChI=1S/C132H99N12.Ir/c1-130(2,3)103-70-73-133-118(82-103)97-64-67-112(115(79-97)85-52-58-94(59-53-85)127-139-121(88-34-16-10-17-35-88)136-122(140-127)89-36-18-11-19-37-89)109-49-31-28-46-106(109)100-76-101(107-47-29-32-50-110(107)113-68-65-98(119-83-104(71-74-134-119)131(4,5)6)80-116(113)86-54-60-95(61-55-86)128-141-123(90-38-20-12-21-39-90)137-124(142-128)91-40-22-13-23-41-91)78-102(77-100)108-48-30-33-51-111(108)114-69-66-99(120-84-105(72-75-135-120)132(7,8)9)81-117(114)87-56-62-96(63-57-87)129-143-125(92-42-24-14-25-43-92)138-126(144-129)93-44-26-15-27-45-93;/h10-63,67-84H,1-9H3;/q-3;+3. The summed E-state index contributed by atoms with van der Waals surface area (Å²) in [6.07, 6.45) is 5.75. The molecule has 0 saturated carbocycles. The van der Waals surface area contributed by atoms with Gasteiger partial charge in [0.2, 0.25) is 0 Å². The summed E-state index contributed by atoms with van der Waals surface area (Å²) in [4.78, 5) is 61.6. The monoisotopic (exact) mass is 2040 g/mol. The Bertz CT molecular complexity index is 7530. The maximum atomic E-state index is 5.19. The van der Waals surface area contributed by atoms with Crippen LogP contribution in [0.2, 0.25) is 0 Å². The molecule has 0 saturated heterocycles. The molecule has 0 fully saturated rings. The first-order valence-electron chi connectivity index (χ1n) is 48.7. The number of hydrogen-bond donors (Lipinski definition) is 0. The zero-order valence-corrected chi connectivity index (χ0v) is 84.2. The zero-order chi connectivity index (χ0) is 98.0. The van der Waals surface area contributed by atoms with E-state index in [2.05, 4.69) is 317 Å². The number of hydrogen-bond acceptors (Lipinski definition) is 12. The summed E-state index contributed by atoms with van der Waals surface area (Å²) in [6.45, 7) is 20.2. The molecule has 0 unspecified atom stereocenters. The third-order valence-corrected chi connectivity index (χ3v) is 26.5. The molecule has 0 aliphatic carbocycles. The molecule has 0 atom stereocenters. The molecule has 0 amide bonds. The van der Waals surface area contributed by atoms with Crippen molar-refractivity contribution in [3.05, 3.63) is 472 Å². The van der Waals surface area contributed by atoms with Gasteiger partial charge < -0.3 is 15.0 Å². The van der Waals surface area contributed by atoms with Crippen LogP contribution in [0.25, 0.3) is 236 Å². The summed E-state index contributed by atoms with van der Waals surface area (Å²) < 4.78 is 0. The Labute approximate surface area is 860 Å². The summed E-state index contributed by atoms with van der Waals surface area (Å²) >= 11 is 0. The van der Waals surface area contributed by atoms with Gasteiger partial charge in [-0.25, -0.2) is 44.9 Å². The summed E-state index contributed by atoms with van der Waals surface area (Å²) in [5.74, 6) is 5.20. The van der Waals surface area contributed by atoms with Crippen LogP contribution in [0, 0.1) is 18.2 Å². The molecule has 6 heterocycles. The molecule has 0 spiro atoms. The van der Waals surface area contributed by atoms with Crippen molar-refractivity contribution in [2.45, 2.75) is 78.6 Å². The molecule has 0 N–H and O–H groups in total. The van der Waals surface area contributed by atoms with Crippen molar-refractivity contribution in [3.63, 3.8) is 0 Å². The first-order valence-corrected chi connectivity index (χ1v) is 48.7. The van der Waals surface area contributed by atoms with E-state index < -0.39 is 0 Å². The van der Waals surface area contributed by atoms with Crippen LogP contribution < -0.4 is 0 Å². The molecule has 13 heteroatoms. The normalized spacial score (nSPS) is 11.6. The van der Waals surface area contributed by atoms with Crippen LogP contribution in [-0.4, -0.2) is 59.8 Å². The molecule has 696 valence electrons. The van der Waals surface area contributed by atoms with E-state index in [0.717, 1.165) is 184 Å². The molecule has 0 radical (unpaired) electrons. The molecular weight excluding hydrogens is 1950 g/mol. The zero-order valence-electron chi connectivity index (χ0n) is 81.8. The molecule has 12 nitrogen and oxygen atoms in total. The maximum Gasteiger partial charge on any atom is 3.00 e. The minimum atomic E-state index is -0.149. The Balaban J connectivity index is 0.0000124. The summed E-state index contributed by atoms with van der Waals surface area (Å²) in [7, 11) is 0. The second-order valence-corrected chi connectivity index (χ2v) is 39.3. The number of aromatic nitrogens is 12. The fourth-order valence-corrected chi connectivity index (χ4v) is 18.6. The van der Waals surface area contributed by atoms with Crippen LogP contribution in [0.15, 0.2) is 437 Å². The van der Waals surface area contributed by atoms with Crippen molar-refractivity contribution in [3.8, 4) is 236 Å². The van der Waals surface area contributed by atoms with Gasteiger partial charge in [-0.3, -0.25) is 0 Å². The SMILES string of the molecule is CC(C)(C)c1ccnc(-c2[c-]cc(-c3ccccc3-c3cc(-c4ccccc4-c4c[c-]c(-c5cc(C(C)(C)C)ccn5)cc4-c4ccc(-c5nc(-c6ccccc6)nc(-c6ccccc6)n5)cc4)cc(-c4ccccc4-c4c[c-]c(-c5cc(C(C)(C)C)ccn5)cc4-c4ccc(-c5nc(-c6ccccc6)nc(-c6ccccc6)n5)cc4)c3)c(-c3ccc(-c4nc(-c5ccccc5)nc(-c5ccccc5)n4)cc3)c2)c1.[Ir+3]. The quantitative estimate of drug-likeness (QED) is 0.0629. The van der Waals surface area contributed by atoms with E-state index in [4.69, 9.17) is 59.8 Å². The van der Waals surface area contributed by atoms with Gasteiger partial charge in [0.05, 0.1) is 0 Å². The first kappa shape index (κ1) is 93.9. The Morgan fingerprint density at radius 3 is 0.538 bits per heavy atom. The second-order valence-electron chi connectivity index (χ2n) is 39.3. The van der Waals surface area contributed by atoms with Crippen LogP contribution >= 0.6 is 0 Å². The maximum absolute atomic E-state index is 5.19. The average molecular weight is 2050 g/mol. The van der Waals surface area contributed by atoms with Crippen molar-refractivity contribution in [1.82, 2.24) is 59.8 Å². The number of benzene rings is 16. The van der Waals surface area contributed by atoms with Crippen molar-refractivity contribution in [2.75, 3.05) is 0 Å². The van der Waals surface area contributed by atoms with Crippen LogP contribution in [0.1, 0.15) is 79.0 Å². The van der Waals surface area contributed by atoms with Crippen LogP contribution in [0.3, 0.4) is 0 Å². The summed E-state index contributed by atoms with van der Waals surface area (Å²) in [5, 5.41) is 0. The van der Waals surface area contributed by atoms with Gasteiger partial charge in [-0.1, -0.05) is 458 Å². The summed E-state index contributed by atoms with van der Waals surface area (Å²) in [6, 6.07) is 158. The molecule has 145 heavy (non-hydrogen) atoms. The smallest absolute Gasteiger partial charge is 0.305 e. The van der Waals surface area contributed by atoms with E-state index in [-0.39, 0.29) is 36.4 Å². The van der Waals surface area contributed by atoms with Crippen molar-refractivity contribution >= 4 is 0 Å². The third kappa shape index (κ3) is 20.1. The van der Waals surface area contributed by atoms with Gasteiger partial charge >= 0.3 is 20.1 Å². The third-order valence-electron chi connectivity index (χ3n) is 26.5. The van der Waals surface area contributed by atoms with Crippen LogP contribution in [-0.2, 0) is 36.4 Å². The van der Waals surface area contributed by atoms with Crippen molar-refractivity contribution in [1.29, 1.82) is 0 Å². The number of rotatable bonds is 21. The van der Waals surface area contributed by atoms with E-state index >= 15 is 0 Å². The molecule has 16 aromatic carbocycles. The topological polar surface area (TPSA) is 155 Å². The number of pyridine rings is 3. The van der Waals surface area contributed by atoms with Gasteiger partial charge in [0.1, 0.15) is 0 Å². The molecule has 0 aliphatic heterocycles. The summed E-state index contributed by atoms with van der Waals surface area (Å²) in [5.41, 5.74) is 33.6. The fourth-order valence-electron chi connectivity index (χ4n) is 18.6. The van der Waals surface area contributed by atoms with E-state index in [1.807, 2.05) is 201 Å². The van der Waals surface area contributed by atoms with Gasteiger partial charge in [0.15, 0.2) is 52.4 Å². The van der Waals surface area contributed by atoms with E-state index in [0.29, 0.717) is 52.4 Å². The Morgan fingerprint density at radius 1 is 0.159 bits per heavy atom. The molecule has 0 aliphatic rings. The predicted molar refractivity (Wildman–Crippen MR) is 587 cm³/mol. The van der Waals surface area contributed by atoms with Gasteiger partial charge in [0.25, 0.3) is 0 Å². The van der Waals surface area contributed by atoms with Gasteiger partial charge in [-0.15, -0.1) is 71.3 Å². The van der Waals surface area contributed by atoms with Crippen LogP contribution in [0.5, 0.6) is 0 Å². The average Bonchev–Trinajstić information content (AvgIpc) is 0.754.